The molecule has 2 aromatic carbocycles. The van der Waals surface area contributed by atoms with Crippen molar-refractivity contribution in [2.45, 2.75) is 44.1 Å². The molecule has 2 amide bonds. The van der Waals surface area contributed by atoms with Crippen molar-refractivity contribution in [3.05, 3.63) is 82.9 Å². The third-order valence-electron chi connectivity index (χ3n) is 7.18. The molecule has 0 spiro atoms. The van der Waals surface area contributed by atoms with E-state index in [0.717, 1.165) is 31.0 Å². The number of amides is 2. The van der Waals surface area contributed by atoms with Crippen LogP contribution in [0.15, 0.2) is 54.7 Å². The molecule has 1 aliphatic carbocycles. The number of nitrogens with two attached hydrogens (primary N) is 1. The number of nitrogens with zero attached hydrogens (tertiary/aromatic N) is 3. The number of benzene rings is 2. The van der Waals surface area contributed by atoms with Gasteiger partial charge in [-0.15, -0.1) is 0 Å². The summed E-state index contributed by atoms with van der Waals surface area (Å²) >= 11 is 0. The van der Waals surface area contributed by atoms with Crippen molar-refractivity contribution in [1.29, 1.82) is 5.26 Å². The molecule has 14 heteroatoms. The first-order valence-corrected chi connectivity index (χ1v) is 14.1. The van der Waals surface area contributed by atoms with Crippen LogP contribution in [0.2, 0.25) is 0 Å². The number of hydrogen-bond donors (Lipinski definition) is 3. The van der Waals surface area contributed by atoms with E-state index in [-0.39, 0.29) is 52.2 Å². The molecule has 10 nitrogen and oxygen atoms in total. The zero-order valence-electron chi connectivity index (χ0n) is 24.3. The van der Waals surface area contributed by atoms with E-state index < -0.39 is 48.1 Å². The maximum Gasteiger partial charge on any atom is 0.424 e. The average Bonchev–Trinajstić information content (AvgIpc) is 3.83. The highest BCUT2D eigenvalue weighted by molar-refractivity contribution is 6.00. The molecule has 1 fully saturated rings. The molecule has 2 heterocycles. The Morgan fingerprint density at radius 3 is 2.48 bits per heavy atom. The molecule has 1 aliphatic rings. The number of carbonyl (C=O) groups is 2. The number of primary amides is 1. The molecule has 0 bridgehead atoms. The maximum absolute atomic E-state index is 14.7. The number of pyridine rings is 2. The van der Waals surface area contributed by atoms with Crippen LogP contribution in [0.5, 0.6) is 11.5 Å². The third-order valence-corrected chi connectivity index (χ3v) is 7.18. The lowest BCUT2D eigenvalue weighted by Gasteiger charge is -2.31. The Labute approximate surface area is 259 Å². The highest BCUT2D eigenvalue weighted by atomic mass is 19.4. The summed E-state index contributed by atoms with van der Waals surface area (Å²) in [6.07, 6.45) is -3.18. The molecule has 4 N–H and O–H groups in total. The topological polar surface area (TPSA) is 160 Å². The Kier molecular flexibility index (Phi) is 8.80. The number of carbonyl (C=O) groups excluding carboxylic acids is 2. The Balaban J connectivity index is 1.56. The number of rotatable bonds is 11. The number of ether oxygens (including phenoxy) is 2. The highest BCUT2D eigenvalue weighted by Gasteiger charge is 2.56. The van der Waals surface area contributed by atoms with E-state index in [2.05, 4.69) is 15.3 Å². The van der Waals surface area contributed by atoms with Gasteiger partial charge in [0.05, 0.1) is 36.9 Å². The van der Waals surface area contributed by atoms with Gasteiger partial charge in [0.25, 0.3) is 5.91 Å². The third kappa shape index (κ3) is 6.69. The molecule has 238 valence electrons. The first kappa shape index (κ1) is 32.1. The van der Waals surface area contributed by atoms with Gasteiger partial charge in [0, 0.05) is 28.3 Å². The molecule has 0 saturated heterocycles. The van der Waals surface area contributed by atoms with Crippen molar-refractivity contribution in [2.75, 3.05) is 13.2 Å². The number of fused-ring (bicyclic) bond motifs is 1. The Morgan fingerprint density at radius 2 is 1.87 bits per heavy atom. The highest BCUT2D eigenvalue weighted by Crippen LogP contribution is 2.42. The van der Waals surface area contributed by atoms with Crippen LogP contribution >= 0.6 is 0 Å². The van der Waals surface area contributed by atoms with Crippen molar-refractivity contribution in [3.8, 4) is 28.8 Å². The quantitative estimate of drug-likeness (QED) is 0.203. The second kappa shape index (κ2) is 12.6. The number of nitriles is 1. The molecule has 46 heavy (non-hydrogen) atoms. The van der Waals surface area contributed by atoms with Gasteiger partial charge < -0.3 is 25.6 Å². The summed E-state index contributed by atoms with van der Waals surface area (Å²) in [6, 6.07) is 11.5. The summed E-state index contributed by atoms with van der Waals surface area (Å²) < 4.78 is 69.3. The second-order valence-electron chi connectivity index (χ2n) is 10.7. The van der Waals surface area contributed by atoms with E-state index >= 15 is 0 Å². The van der Waals surface area contributed by atoms with Gasteiger partial charge in [-0.2, -0.15) is 18.4 Å². The lowest BCUT2D eigenvalue weighted by molar-refractivity contribution is -0.265. The predicted molar refractivity (Wildman–Crippen MR) is 156 cm³/mol. The van der Waals surface area contributed by atoms with Crippen LogP contribution in [0.1, 0.15) is 46.9 Å². The Morgan fingerprint density at radius 1 is 1.15 bits per heavy atom. The molecule has 1 atom stereocenters. The van der Waals surface area contributed by atoms with Crippen LogP contribution in [0.4, 0.5) is 17.6 Å². The number of hydrogen-bond acceptors (Lipinski definition) is 8. The van der Waals surface area contributed by atoms with Crippen molar-refractivity contribution >= 4 is 22.7 Å². The number of alkyl halides is 3. The van der Waals surface area contributed by atoms with E-state index in [9.17, 15) is 37.5 Å². The van der Waals surface area contributed by atoms with Gasteiger partial charge in [0.2, 0.25) is 11.5 Å². The van der Waals surface area contributed by atoms with Crippen molar-refractivity contribution in [1.82, 2.24) is 15.3 Å². The SMILES string of the molecule is CCOc1c(CC(N)=O)cc([C@@](O)(CNC(=O)c2cc(OC3CC3)c3ncc(C#N)cc3c2)C(F)(F)F)nc1-c1ccc(F)cc1. The van der Waals surface area contributed by atoms with Crippen LogP contribution < -0.4 is 20.5 Å². The van der Waals surface area contributed by atoms with E-state index in [0.29, 0.717) is 10.9 Å². The second-order valence-corrected chi connectivity index (χ2v) is 10.7. The van der Waals surface area contributed by atoms with Gasteiger partial charge in [-0.3, -0.25) is 14.6 Å². The molecule has 4 aromatic rings. The van der Waals surface area contributed by atoms with E-state index in [1.807, 2.05) is 6.07 Å². The van der Waals surface area contributed by atoms with Crippen LogP contribution in [0.3, 0.4) is 0 Å². The molecule has 0 aliphatic heterocycles. The number of aliphatic hydroxyl groups is 1. The van der Waals surface area contributed by atoms with E-state index in [4.69, 9.17) is 15.2 Å². The number of nitrogens with one attached hydrogen (secondary N) is 1. The van der Waals surface area contributed by atoms with Gasteiger partial charge >= 0.3 is 6.18 Å². The van der Waals surface area contributed by atoms with Gasteiger partial charge in [-0.1, -0.05) is 0 Å². The molecule has 5 rings (SSSR count). The summed E-state index contributed by atoms with van der Waals surface area (Å²) in [4.78, 5) is 33.5. The van der Waals surface area contributed by atoms with Crippen LogP contribution in [0.25, 0.3) is 22.2 Å². The Hall–Kier alpha value is -5.29. The summed E-state index contributed by atoms with van der Waals surface area (Å²) in [6.45, 7) is 0.246. The van der Waals surface area contributed by atoms with Crippen LogP contribution in [-0.2, 0) is 16.8 Å². The smallest absolute Gasteiger partial charge is 0.424 e. The summed E-state index contributed by atoms with van der Waals surface area (Å²) in [5, 5.41) is 23.0. The van der Waals surface area contributed by atoms with Crippen LogP contribution in [0, 0.1) is 17.1 Å². The molecular weight excluding hydrogens is 610 g/mol. The van der Waals surface area contributed by atoms with Gasteiger partial charge in [-0.05, 0) is 68.3 Å². The zero-order valence-corrected chi connectivity index (χ0v) is 24.3. The number of aromatic nitrogens is 2. The first-order valence-electron chi connectivity index (χ1n) is 14.1. The van der Waals surface area contributed by atoms with E-state index in [1.165, 1.54) is 36.5 Å². The maximum atomic E-state index is 14.7. The minimum absolute atomic E-state index is 0.0319. The zero-order chi connectivity index (χ0) is 33.2. The van der Waals surface area contributed by atoms with E-state index in [1.54, 1.807) is 6.92 Å². The van der Waals surface area contributed by atoms with Crippen molar-refractivity contribution in [3.63, 3.8) is 0 Å². The molecule has 2 aromatic heterocycles. The van der Waals surface area contributed by atoms with Gasteiger partial charge in [0.1, 0.15) is 34.6 Å². The minimum Gasteiger partial charge on any atom is -0.491 e. The fourth-order valence-corrected chi connectivity index (χ4v) is 4.74. The van der Waals surface area contributed by atoms with Crippen molar-refractivity contribution < 1.29 is 41.7 Å². The molecule has 0 unspecified atom stereocenters. The fraction of sp³-hybridized carbons (Fsp3) is 0.281. The Bertz CT molecular complexity index is 1860. The molecule has 1 saturated carbocycles. The lowest BCUT2D eigenvalue weighted by Crippen LogP contribution is -2.51. The lowest BCUT2D eigenvalue weighted by atomic mass is 9.93. The monoisotopic (exact) mass is 637 g/mol. The van der Waals surface area contributed by atoms with Crippen LogP contribution in [-0.4, -0.2) is 52.3 Å². The standard InChI is InChI=1S/C32H27F4N5O5/c1-2-45-29-20(13-26(38)42)12-25(41-28(29)18-3-5-22(33)6-4-18)31(44,32(34,35)36)16-40-30(43)21-10-19-9-17(14-37)15-39-27(19)24(11-21)46-23-7-8-23/h3-6,9-12,15,23,44H,2,7-8,13,16H2,1H3,(H2,38,42)(H,40,43)/t31-/m0/s1. The first-order chi connectivity index (χ1) is 21.8. The normalized spacial score (nSPS) is 14.3. The average molecular weight is 638 g/mol. The van der Waals surface area contributed by atoms with Gasteiger partial charge in [-0.25, -0.2) is 9.37 Å². The summed E-state index contributed by atoms with van der Waals surface area (Å²) in [7, 11) is 0. The largest absolute Gasteiger partial charge is 0.491 e. The summed E-state index contributed by atoms with van der Waals surface area (Å²) in [5.41, 5.74) is 0.915. The molecule has 0 radical (unpaired) electrons. The number of halogens is 4. The minimum atomic E-state index is -5.39. The predicted octanol–water partition coefficient (Wildman–Crippen LogP) is 4.46. The fourth-order valence-electron chi connectivity index (χ4n) is 4.74. The van der Waals surface area contributed by atoms with Crippen molar-refractivity contribution in [2.24, 2.45) is 5.73 Å². The summed E-state index contributed by atoms with van der Waals surface area (Å²) in [5.74, 6) is -2.37. The molecular formula is C32H27F4N5O5. The van der Waals surface area contributed by atoms with Gasteiger partial charge in [0.15, 0.2) is 0 Å².